The van der Waals surface area contributed by atoms with Crippen molar-refractivity contribution in [2.75, 3.05) is 0 Å². The number of benzene rings is 2. The molecular formula is C14H14N2O. The third-order valence-corrected chi connectivity index (χ3v) is 3.18. The Morgan fingerprint density at radius 3 is 2.71 bits per heavy atom. The van der Waals surface area contributed by atoms with Gasteiger partial charge in [0.2, 0.25) is 0 Å². The number of imidazole rings is 1. The number of aliphatic hydroxyl groups excluding tert-OH is 1. The highest BCUT2D eigenvalue weighted by Crippen LogP contribution is 2.26. The number of hydrogen-bond donors (Lipinski definition) is 1. The number of nitrogens with zero attached hydrogens (tertiary/aromatic N) is 2. The molecule has 1 atom stereocenters. The van der Waals surface area contributed by atoms with E-state index in [0.29, 0.717) is 5.82 Å². The van der Waals surface area contributed by atoms with E-state index < -0.39 is 6.10 Å². The molecule has 3 heteroatoms. The molecule has 0 saturated carbocycles. The van der Waals surface area contributed by atoms with Crippen molar-refractivity contribution in [2.24, 2.45) is 7.05 Å². The largest absolute Gasteiger partial charge is 0.385 e. The summed E-state index contributed by atoms with van der Waals surface area (Å²) in [5.41, 5.74) is 2.01. The standard InChI is InChI=1S/C14H14N2O/c1-9(17)14-15-13-11-6-4-3-5-10(11)7-8-12(13)16(14)2/h3-9,17H,1-2H3/t9-/m0/s1. The average Bonchev–Trinajstić information content (AvgIpc) is 2.67. The first-order valence-corrected chi connectivity index (χ1v) is 5.70. The van der Waals surface area contributed by atoms with Crippen LogP contribution in [-0.4, -0.2) is 14.7 Å². The van der Waals surface area contributed by atoms with E-state index in [1.165, 1.54) is 5.39 Å². The van der Waals surface area contributed by atoms with Gasteiger partial charge in [-0.25, -0.2) is 4.98 Å². The second-order valence-electron chi connectivity index (χ2n) is 4.36. The molecule has 3 rings (SSSR count). The zero-order chi connectivity index (χ0) is 12.0. The summed E-state index contributed by atoms with van der Waals surface area (Å²) in [5.74, 6) is 0.705. The molecular weight excluding hydrogens is 212 g/mol. The Labute approximate surface area is 99.3 Å². The Kier molecular flexibility index (Phi) is 2.16. The number of fused-ring (bicyclic) bond motifs is 3. The summed E-state index contributed by atoms with van der Waals surface area (Å²) in [5, 5.41) is 12.0. The van der Waals surface area contributed by atoms with E-state index >= 15 is 0 Å². The van der Waals surface area contributed by atoms with Crippen LogP contribution in [0.1, 0.15) is 18.9 Å². The van der Waals surface area contributed by atoms with Gasteiger partial charge in [0.15, 0.2) is 0 Å². The van der Waals surface area contributed by atoms with Crippen LogP contribution in [0.3, 0.4) is 0 Å². The summed E-state index contributed by atoms with van der Waals surface area (Å²) < 4.78 is 1.95. The van der Waals surface area contributed by atoms with Crippen LogP contribution in [0, 0.1) is 0 Å². The van der Waals surface area contributed by atoms with Crippen molar-refractivity contribution >= 4 is 21.8 Å². The van der Waals surface area contributed by atoms with Gasteiger partial charge in [0.25, 0.3) is 0 Å². The zero-order valence-electron chi connectivity index (χ0n) is 9.88. The lowest BCUT2D eigenvalue weighted by Crippen LogP contribution is -2.01. The number of aliphatic hydroxyl groups is 1. The monoisotopic (exact) mass is 226 g/mol. The first-order valence-electron chi connectivity index (χ1n) is 5.70. The van der Waals surface area contributed by atoms with Crippen LogP contribution >= 0.6 is 0 Å². The van der Waals surface area contributed by atoms with Gasteiger partial charge in [-0.1, -0.05) is 30.3 Å². The van der Waals surface area contributed by atoms with Crippen LogP contribution in [-0.2, 0) is 7.05 Å². The van der Waals surface area contributed by atoms with Gasteiger partial charge in [-0.05, 0) is 18.4 Å². The normalized spacial score (nSPS) is 13.4. The van der Waals surface area contributed by atoms with Gasteiger partial charge < -0.3 is 9.67 Å². The molecule has 0 bridgehead atoms. The highest BCUT2D eigenvalue weighted by Gasteiger charge is 2.13. The average molecular weight is 226 g/mol. The minimum absolute atomic E-state index is 0.550. The molecule has 0 amide bonds. The van der Waals surface area contributed by atoms with Crippen molar-refractivity contribution in [3.63, 3.8) is 0 Å². The van der Waals surface area contributed by atoms with E-state index in [1.54, 1.807) is 6.92 Å². The van der Waals surface area contributed by atoms with Gasteiger partial charge in [-0.15, -0.1) is 0 Å². The van der Waals surface area contributed by atoms with E-state index in [2.05, 4.69) is 29.2 Å². The van der Waals surface area contributed by atoms with Gasteiger partial charge in [0.05, 0.1) is 11.0 Å². The van der Waals surface area contributed by atoms with Gasteiger partial charge in [0, 0.05) is 12.4 Å². The molecule has 0 spiro atoms. The summed E-state index contributed by atoms with van der Waals surface area (Å²) >= 11 is 0. The predicted octanol–water partition coefficient (Wildman–Crippen LogP) is 2.78. The maximum Gasteiger partial charge on any atom is 0.138 e. The molecule has 17 heavy (non-hydrogen) atoms. The lowest BCUT2D eigenvalue weighted by Gasteiger charge is -2.03. The molecule has 0 radical (unpaired) electrons. The Hall–Kier alpha value is -1.87. The SMILES string of the molecule is C[C@H](O)c1nc2c3ccccc3ccc2n1C. The van der Waals surface area contributed by atoms with Crippen molar-refractivity contribution in [1.82, 2.24) is 9.55 Å². The van der Waals surface area contributed by atoms with E-state index in [0.717, 1.165) is 16.4 Å². The van der Waals surface area contributed by atoms with Crippen molar-refractivity contribution in [3.05, 3.63) is 42.2 Å². The summed E-state index contributed by atoms with van der Waals surface area (Å²) in [6, 6.07) is 12.3. The maximum absolute atomic E-state index is 9.69. The Morgan fingerprint density at radius 2 is 1.94 bits per heavy atom. The summed E-state index contributed by atoms with van der Waals surface area (Å²) in [6.45, 7) is 1.74. The molecule has 0 aliphatic heterocycles. The fraction of sp³-hybridized carbons (Fsp3) is 0.214. The lowest BCUT2D eigenvalue weighted by molar-refractivity contribution is 0.186. The fourth-order valence-electron chi connectivity index (χ4n) is 2.32. The van der Waals surface area contributed by atoms with Gasteiger partial charge in [-0.3, -0.25) is 0 Å². The number of rotatable bonds is 1. The molecule has 3 aromatic rings. The van der Waals surface area contributed by atoms with Gasteiger partial charge >= 0.3 is 0 Å². The summed E-state index contributed by atoms with van der Waals surface area (Å²) in [7, 11) is 1.94. The quantitative estimate of drug-likeness (QED) is 0.693. The topological polar surface area (TPSA) is 38.1 Å². The Morgan fingerprint density at radius 1 is 1.18 bits per heavy atom. The van der Waals surface area contributed by atoms with Gasteiger partial charge in [0.1, 0.15) is 11.9 Å². The molecule has 0 aliphatic carbocycles. The molecule has 86 valence electrons. The molecule has 0 saturated heterocycles. The zero-order valence-corrected chi connectivity index (χ0v) is 9.88. The van der Waals surface area contributed by atoms with Gasteiger partial charge in [-0.2, -0.15) is 0 Å². The second-order valence-corrected chi connectivity index (χ2v) is 4.36. The summed E-state index contributed by atoms with van der Waals surface area (Å²) in [4.78, 5) is 4.55. The molecule has 0 aliphatic rings. The van der Waals surface area contributed by atoms with Crippen LogP contribution in [0.4, 0.5) is 0 Å². The highest BCUT2D eigenvalue weighted by molar-refractivity contribution is 6.04. The minimum atomic E-state index is -0.550. The van der Waals surface area contributed by atoms with Crippen LogP contribution in [0.25, 0.3) is 21.8 Å². The van der Waals surface area contributed by atoms with Crippen LogP contribution in [0.2, 0.25) is 0 Å². The van der Waals surface area contributed by atoms with Crippen LogP contribution < -0.4 is 0 Å². The van der Waals surface area contributed by atoms with Crippen molar-refractivity contribution < 1.29 is 5.11 Å². The lowest BCUT2D eigenvalue weighted by atomic mass is 10.1. The van der Waals surface area contributed by atoms with Crippen molar-refractivity contribution in [2.45, 2.75) is 13.0 Å². The first kappa shape index (κ1) is 10.3. The summed E-state index contributed by atoms with van der Waals surface area (Å²) in [6.07, 6.45) is -0.550. The minimum Gasteiger partial charge on any atom is -0.385 e. The third-order valence-electron chi connectivity index (χ3n) is 3.18. The third kappa shape index (κ3) is 1.43. The fourth-order valence-corrected chi connectivity index (χ4v) is 2.32. The van der Waals surface area contributed by atoms with E-state index in [4.69, 9.17) is 0 Å². The van der Waals surface area contributed by atoms with E-state index in [1.807, 2.05) is 23.7 Å². The first-order chi connectivity index (χ1) is 8.18. The smallest absolute Gasteiger partial charge is 0.138 e. The molecule has 3 nitrogen and oxygen atoms in total. The number of aromatic nitrogens is 2. The van der Waals surface area contributed by atoms with E-state index in [-0.39, 0.29) is 0 Å². The Balaban J connectivity index is 2.47. The molecule has 0 unspecified atom stereocenters. The highest BCUT2D eigenvalue weighted by atomic mass is 16.3. The maximum atomic E-state index is 9.69. The molecule has 1 aromatic heterocycles. The van der Waals surface area contributed by atoms with Crippen LogP contribution in [0.5, 0.6) is 0 Å². The second kappa shape index (κ2) is 3.57. The number of hydrogen-bond acceptors (Lipinski definition) is 2. The van der Waals surface area contributed by atoms with Crippen molar-refractivity contribution in [1.29, 1.82) is 0 Å². The molecule has 1 heterocycles. The van der Waals surface area contributed by atoms with Crippen LogP contribution in [0.15, 0.2) is 36.4 Å². The number of aryl methyl sites for hydroxylation is 1. The Bertz CT molecular complexity index is 698. The molecule has 1 N–H and O–H groups in total. The predicted molar refractivity (Wildman–Crippen MR) is 68.9 cm³/mol. The van der Waals surface area contributed by atoms with E-state index in [9.17, 15) is 5.11 Å². The molecule has 0 fully saturated rings. The van der Waals surface area contributed by atoms with Crippen molar-refractivity contribution in [3.8, 4) is 0 Å². The molecule has 2 aromatic carbocycles.